The Labute approximate surface area is 220 Å². The smallest absolute Gasteiger partial charge is 0.163 e. The van der Waals surface area contributed by atoms with Crippen LogP contribution in [0.15, 0.2) is 30.3 Å². The molecule has 0 bridgehead atoms. The summed E-state index contributed by atoms with van der Waals surface area (Å²) in [5.41, 5.74) is 5.19. The van der Waals surface area contributed by atoms with Crippen LogP contribution in [0.3, 0.4) is 0 Å². The van der Waals surface area contributed by atoms with Crippen LogP contribution in [0.5, 0.6) is 11.5 Å². The first-order valence-electron chi connectivity index (χ1n) is 13.1. The summed E-state index contributed by atoms with van der Waals surface area (Å²) < 4.78 is 23.2. The molecule has 3 fully saturated rings. The second-order valence-electron chi connectivity index (χ2n) is 10.8. The lowest BCUT2D eigenvalue weighted by molar-refractivity contribution is -0.141. The third-order valence-corrected chi connectivity index (χ3v) is 8.39. The molecule has 0 radical (unpaired) electrons. The number of methoxy groups -OCH3 is 1. The maximum absolute atomic E-state index is 6.26. The van der Waals surface area contributed by atoms with Crippen LogP contribution in [-0.2, 0) is 9.47 Å². The van der Waals surface area contributed by atoms with Gasteiger partial charge in [0.15, 0.2) is 5.79 Å². The Balaban J connectivity index is 1.27. The molecule has 7 heteroatoms. The summed E-state index contributed by atoms with van der Waals surface area (Å²) in [5.74, 6) is 1.16. The molecular weight excluding hydrogens is 476 g/mol. The van der Waals surface area contributed by atoms with Crippen molar-refractivity contribution in [2.75, 3.05) is 44.9 Å². The zero-order valence-corrected chi connectivity index (χ0v) is 22.9. The molecule has 2 aromatic carbocycles. The summed E-state index contributed by atoms with van der Waals surface area (Å²) in [6.07, 6.45) is 3.65. The second-order valence-corrected chi connectivity index (χ2v) is 11.2. The Kier molecular flexibility index (Phi) is 7.42. The molecular formula is C29H39ClN2O4. The van der Waals surface area contributed by atoms with Gasteiger partial charge >= 0.3 is 0 Å². The highest BCUT2D eigenvalue weighted by Gasteiger charge is 2.37. The molecule has 196 valence electrons. The van der Waals surface area contributed by atoms with Gasteiger partial charge in [0.1, 0.15) is 24.2 Å². The van der Waals surface area contributed by atoms with Crippen molar-refractivity contribution in [3.05, 3.63) is 52.0 Å². The molecule has 3 atom stereocenters. The van der Waals surface area contributed by atoms with Gasteiger partial charge in [-0.15, -0.1) is 0 Å². The van der Waals surface area contributed by atoms with Crippen LogP contribution in [-0.4, -0.2) is 62.8 Å². The number of anilines is 1. The molecule has 3 saturated heterocycles. The van der Waals surface area contributed by atoms with Gasteiger partial charge in [0.25, 0.3) is 0 Å². The third-order valence-electron chi connectivity index (χ3n) is 8.07. The minimum atomic E-state index is -0.524. The summed E-state index contributed by atoms with van der Waals surface area (Å²) in [6.45, 7) is 12.5. The zero-order valence-electron chi connectivity index (χ0n) is 22.2. The van der Waals surface area contributed by atoms with Gasteiger partial charge in [0.2, 0.25) is 0 Å². The first-order chi connectivity index (χ1) is 17.3. The quantitative estimate of drug-likeness (QED) is 0.477. The number of halogens is 1. The molecule has 0 spiro atoms. The summed E-state index contributed by atoms with van der Waals surface area (Å²) in [6, 6.07) is 11.5. The van der Waals surface area contributed by atoms with E-state index < -0.39 is 5.79 Å². The monoisotopic (exact) mass is 514 g/mol. The van der Waals surface area contributed by atoms with Gasteiger partial charge in [-0.1, -0.05) is 17.7 Å². The molecule has 0 N–H and O–H groups in total. The van der Waals surface area contributed by atoms with Crippen LogP contribution >= 0.6 is 11.6 Å². The van der Waals surface area contributed by atoms with Gasteiger partial charge < -0.3 is 23.8 Å². The number of hydrogen-bond donors (Lipinski definition) is 0. The van der Waals surface area contributed by atoms with Crippen LogP contribution in [0, 0.1) is 13.8 Å². The average molecular weight is 515 g/mol. The zero-order chi connectivity index (χ0) is 25.4. The van der Waals surface area contributed by atoms with Gasteiger partial charge in [-0.25, -0.2) is 0 Å². The Bertz CT molecular complexity index is 1090. The van der Waals surface area contributed by atoms with Crippen molar-refractivity contribution in [3.8, 4) is 11.5 Å². The Morgan fingerprint density at radius 3 is 2.64 bits per heavy atom. The van der Waals surface area contributed by atoms with E-state index >= 15 is 0 Å². The largest absolute Gasteiger partial charge is 0.495 e. The lowest BCUT2D eigenvalue weighted by Gasteiger charge is -2.49. The molecule has 0 aromatic heterocycles. The standard InChI is InChI=1S/C29H39ClN2O4/c1-19-20(2)27(34-17-23-18-35-29(3,4)36-23)12-10-24(19)26-8-6-7-22-16-31(13-14-32(22)26)21-9-11-25(30)28(15-21)33-5/h9-12,15,22-23,26H,6-8,13-14,16-18H2,1-5H3/t22?,23?,26-/m1/s1. The van der Waals surface area contributed by atoms with Crippen LogP contribution in [0.25, 0.3) is 0 Å². The normalized spacial score (nSPS) is 26.1. The number of benzene rings is 2. The Morgan fingerprint density at radius 1 is 1.06 bits per heavy atom. The van der Waals surface area contributed by atoms with Crippen LogP contribution in [0.2, 0.25) is 5.02 Å². The SMILES string of the molecule is COc1cc(N2CCN3C(CCC[C@@H]3c3ccc(OCC4COC(C)(C)O4)c(C)c3C)C2)ccc1Cl. The first kappa shape index (κ1) is 25.7. The van der Waals surface area contributed by atoms with E-state index in [0.717, 1.165) is 31.1 Å². The molecule has 0 saturated carbocycles. The summed E-state index contributed by atoms with van der Waals surface area (Å²) in [7, 11) is 1.67. The van der Waals surface area contributed by atoms with E-state index in [0.29, 0.717) is 30.3 Å². The minimum absolute atomic E-state index is 0.0320. The topological polar surface area (TPSA) is 43.4 Å². The molecule has 5 rings (SSSR count). The van der Waals surface area contributed by atoms with E-state index in [9.17, 15) is 0 Å². The number of piperidine rings is 1. The van der Waals surface area contributed by atoms with E-state index in [1.54, 1.807) is 7.11 Å². The van der Waals surface area contributed by atoms with Crippen LogP contribution < -0.4 is 14.4 Å². The van der Waals surface area contributed by atoms with E-state index in [1.165, 1.54) is 41.6 Å². The van der Waals surface area contributed by atoms with Gasteiger partial charge in [0, 0.05) is 43.5 Å². The van der Waals surface area contributed by atoms with E-state index in [-0.39, 0.29) is 6.10 Å². The Morgan fingerprint density at radius 2 is 1.89 bits per heavy atom. The Hall–Kier alpha value is -1.99. The number of nitrogens with zero attached hydrogens (tertiary/aromatic N) is 2. The van der Waals surface area contributed by atoms with Crippen molar-refractivity contribution < 1.29 is 18.9 Å². The van der Waals surface area contributed by atoms with Gasteiger partial charge in [-0.3, -0.25) is 4.90 Å². The fourth-order valence-corrected chi connectivity index (χ4v) is 6.22. The first-order valence-corrected chi connectivity index (χ1v) is 13.5. The highest BCUT2D eigenvalue weighted by Crippen LogP contribution is 2.40. The van der Waals surface area contributed by atoms with Crippen molar-refractivity contribution in [1.82, 2.24) is 4.90 Å². The molecule has 0 amide bonds. The van der Waals surface area contributed by atoms with E-state index in [1.807, 2.05) is 19.9 Å². The molecule has 2 aromatic rings. The van der Waals surface area contributed by atoms with Crippen molar-refractivity contribution >= 4 is 17.3 Å². The van der Waals surface area contributed by atoms with E-state index in [2.05, 4.69) is 47.9 Å². The number of hydrogen-bond acceptors (Lipinski definition) is 6. The minimum Gasteiger partial charge on any atom is -0.495 e. The molecule has 3 heterocycles. The van der Waals surface area contributed by atoms with Crippen molar-refractivity contribution in [3.63, 3.8) is 0 Å². The second kappa shape index (κ2) is 10.4. The highest BCUT2D eigenvalue weighted by molar-refractivity contribution is 6.32. The third kappa shape index (κ3) is 5.19. The van der Waals surface area contributed by atoms with Gasteiger partial charge in [-0.2, -0.15) is 0 Å². The molecule has 0 aliphatic carbocycles. The van der Waals surface area contributed by atoms with Crippen molar-refractivity contribution in [2.24, 2.45) is 0 Å². The molecule has 3 aliphatic rings. The number of fused-ring (bicyclic) bond motifs is 1. The summed E-state index contributed by atoms with van der Waals surface area (Å²) in [4.78, 5) is 5.22. The van der Waals surface area contributed by atoms with Gasteiger partial charge in [-0.05, 0) is 81.8 Å². The number of rotatable bonds is 6. The lowest BCUT2D eigenvalue weighted by atomic mass is 9.86. The highest BCUT2D eigenvalue weighted by atomic mass is 35.5. The number of piperazine rings is 1. The van der Waals surface area contributed by atoms with Crippen LogP contribution in [0.4, 0.5) is 5.69 Å². The lowest BCUT2D eigenvalue weighted by Crippen LogP contribution is -2.56. The summed E-state index contributed by atoms with van der Waals surface area (Å²) >= 11 is 6.26. The molecule has 3 aliphatic heterocycles. The fourth-order valence-electron chi connectivity index (χ4n) is 6.03. The van der Waals surface area contributed by atoms with Crippen molar-refractivity contribution in [2.45, 2.75) is 70.9 Å². The van der Waals surface area contributed by atoms with Crippen molar-refractivity contribution in [1.29, 1.82) is 0 Å². The maximum atomic E-state index is 6.26. The fraction of sp³-hybridized carbons (Fsp3) is 0.586. The predicted molar refractivity (Wildman–Crippen MR) is 144 cm³/mol. The van der Waals surface area contributed by atoms with Crippen LogP contribution in [0.1, 0.15) is 55.8 Å². The molecule has 6 nitrogen and oxygen atoms in total. The average Bonchev–Trinajstić information content (AvgIpc) is 3.23. The van der Waals surface area contributed by atoms with E-state index in [4.69, 9.17) is 30.5 Å². The van der Waals surface area contributed by atoms with Gasteiger partial charge in [0.05, 0.1) is 18.7 Å². The molecule has 36 heavy (non-hydrogen) atoms. The summed E-state index contributed by atoms with van der Waals surface area (Å²) in [5, 5.41) is 0.656. The number of ether oxygens (including phenoxy) is 4. The predicted octanol–water partition coefficient (Wildman–Crippen LogP) is 5.91. The molecule has 2 unspecified atom stereocenters. The maximum Gasteiger partial charge on any atom is 0.163 e.